The van der Waals surface area contributed by atoms with E-state index in [9.17, 15) is 0 Å². The van der Waals surface area contributed by atoms with E-state index in [0.717, 1.165) is 11.6 Å². The lowest BCUT2D eigenvalue weighted by Gasteiger charge is -2.25. The van der Waals surface area contributed by atoms with E-state index < -0.39 is 0 Å². The van der Waals surface area contributed by atoms with Gasteiger partial charge in [-0.05, 0) is 55.2 Å². The molecule has 2 aromatic rings. The molecule has 0 unspecified atom stereocenters. The molecule has 1 aliphatic heterocycles. The van der Waals surface area contributed by atoms with Gasteiger partial charge in [0.15, 0.2) is 0 Å². The van der Waals surface area contributed by atoms with Crippen molar-refractivity contribution in [3.8, 4) is 0 Å². The predicted molar refractivity (Wildman–Crippen MR) is 77.8 cm³/mol. The van der Waals surface area contributed by atoms with Crippen LogP contribution in [0.4, 0.5) is 11.4 Å². The van der Waals surface area contributed by atoms with Crippen molar-refractivity contribution in [3.05, 3.63) is 59.1 Å². The Kier molecular flexibility index (Phi) is 3.24. The van der Waals surface area contributed by atoms with Gasteiger partial charge in [-0.1, -0.05) is 29.8 Å². The number of benzene rings is 2. The zero-order chi connectivity index (χ0) is 12.4. The fraction of sp³-hybridized carbons (Fsp3) is 0.250. The van der Waals surface area contributed by atoms with Crippen molar-refractivity contribution in [3.63, 3.8) is 0 Å². The highest BCUT2D eigenvalue weighted by Crippen LogP contribution is 2.32. The summed E-state index contributed by atoms with van der Waals surface area (Å²) in [6, 6.07) is 16.8. The molecule has 92 valence electrons. The van der Waals surface area contributed by atoms with E-state index in [2.05, 4.69) is 41.3 Å². The summed E-state index contributed by atoms with van der Waals surface area (Å²) in [5.41, 5.74) is 4.02. The molecule has 0 saturated carbocycles. The fourth-order valence-corrected chi connectivity index (χ4v) is 2.71. The summed E-state index contributed by atoms with van der Waals surface area (Å²) < 4.78 is 0. The molecule has 2 aromatic carbocycles. The monoisotopic (exact) mass is 257 g/mol. The van der Waals surface area contributed by atoms with Gasteiger partial charge in [0.2, 0.25) is 0 Å². The highest BCUT2D eigenvalue weighted by molar-refractivity contribution is 6.30. The Balaban J connectivity index is 2.03. The van der Waals surface area contributed by atoms with Crippen molar-refractivity contribution in [2.24, 2.45) is 0 Å². The maximum absolute atomic E-state index is 5.96. The first-order valence-electron chi connectivity index (χ1n) is 6.45. The van der Waals surface area contributed by atoms with E-state index in [1.165, 1.54) is 36.2 Å². The standard InChI is InChI=1S/C16H16ClN/c17-14-8-10-15(11-9-14)18-12-4-3-6-13-5-1-2-7-16(13)18/h1-2,5,7-11H,3-4,6,12H2. The van der Waals surface area contributed by atoms with Crippen LogP contribution in [0.25, 0.3) is 0 Å². The molecule has 1 aliphatic rings. The number of anilines is 2. The van der Waals surface area contributed by atoms with Crippen molar-refractivity contribution in [2.75, 3.05) is 11.4 Å². The number of hydrogen-bond donors (Lipinski definition) is 0. The second-order valence-corrected chi connectivity index (χ2v) is 5.15. The number of rotatable bonds is 1. The normalized spacial score (nSPS) is 15.1. The van der Waals surface area contributed by atoms with Gasteiger partial charge in [0.1, 0.15) is 0 Å². The van der Waals surface area contributed by atoms with E-state index in [4.69, 9.17) is 11.6 Å². The van der Waals surface area contributed by atoms with Gasteiger partial charge in [0.25, 0.3) is 0 Å². The minimum atomic E-state index is 0.793. The number of nitrogens with zero attached hydrogens (tertiary/aromatic N) is 1. The van der Waals surface area contributed by atoms with Crippen LogP contribution in [0, 0.1) is 0 Å². The van der Waals surface area contributed by atoms with E-state index >= 15 is 0 Å². The van der Waals surface area contributed by atoms with Crippen LogP contribution in [0.15, 0.2) is 48.5 Å². The number of halogens is 1. The van der Waals surface area contributed by atoms with Crippen molar-refractivity contribution in [2.45, 2.75) is 19.3 Å². The molecule has 3 rings (SSSR count). The van der Waals surface area contributed by atoms with Gasteiger partial charge in [-0.25, -0.2) is 0 Å². The molecule has 0 saturated heterocycles. The summed E-state index contributed by atoms with van der Waals surface area (Å²) >= 11 is 5.96. The summed E-state index contributed by atoms with van der Waals surface area (Å²) in [5, 5.41) is 0.793. The molecule has 2 heteroatoms. The SMILES string of the molecule is Clc1ccc(N2CCCCc3ccccc32)cc1. The molecule has 1 nitrogen and oxygen atoms in total. The van der Waals surface area contributed by atoms with Crippen LogP contribution < -0.4 is 4.90 Å². The van der Waals surface area contributed by atoms with Crippen LogP contribution >= 0.6 is 11.6 Å². The van der Waals surface area contributed by atoms with E-state index in [0.29, 0.717) is 0 Å². The number of fused-ring (bicyclic) bond motifs is 1. The molecule has 0 spiro atoms. The van der Waals surface area contributed by atoms with Crippen LogP contribution in [0.1, 0.15) is 18.4 Å². The zero-order valence-electron chi connectivity index (χ0n) is 10.3. The third-order valence-electron chi connectivity index (χ3n) is 3.50. The summed E-state index contributed by atoms with van der Waals surface area (Å²) in [6.45, 7) is 1.08. The highest BCUT2D eigenvalue weighted by atomic mass is 35.5. The molecule has 0 aromatic heterocycles. The van der Waals surface area contributed by atoms with Gasteiger partial charge in [-0.2, -0.15) is 0 Å². The Bertz CT molecular complexity index is 533. The Labute approximate surface area is 113 Å². The third-order valence-corrected chi connectivity index (χ3v) is 3.75. The Morgan fingerprint density at radius 1 is 0.889 bits per heavy atom. The van der Waals surface area contributed by atoms with Gasteiger partial charge in [0, 0.05) is 22.9 Å². The molecule has 0 bridgehead atoms. The molecular weight excluding hydrogens is 242 g/mol. The molecule has 0 fully saturated rings. The van der Waals surface area contributed by atoms with E-state index in [-0.39, 0.29) is 0 Å². The largest absolute Gasteiger partial charge is 0.341 e. The number of hydrogen-bond acceptors (Lipinski definition) is 1. The average molecular weight is 258 g/mol. The second kappa shape index (κ2) is 5.03. The van der Waals surface area contributed by atoms with Crippen LogP contribution in [0.5, 0.6) is 0 Å². The molecule has 0 radical (unpaired) electrons. The van der Waals surface area contributed by atoms with Gasteiger partial charge in [-0.3, -0.25) is 0 Å². The third kappa shape index (κ3) is 2.23. The van der Waals surface area contributed by atoms with Crippen molar-refractivity contribution >= 4 is 23.0 Å². The van der Waals surface area contributed by atoms with Crippen molar-refractivity contribution in [1.82, 2.24) is 0 Å². The lowest BCUT2D eigenvalue weighted by Crippen LogP contribution is -2.17. The highest BCUT2D eigenvalue weighted by Gasteiger charge is 2.15. The van der Waals surface area contributed by atoms with Crippen LogP contribution in [0.3, 0.4) is 0 Å². The maximum atomic E-state index is 5.96. The second-order valence-electron chi connectivity index (χ2n) is 4.71. The summed E-state index contributed by atoms with van der Waals surface area (Å²) in [4.78, 5) is 2.40. The molecule has 0 amide bonds. The van der Waals surface area contributed by atoms with Gasteiger partial charge in [-0.15, -0.1) is 0 Å². The van der Waals surface area contributed by atoms with Crippen molar-refractivity contribution < 1.29 is 0 Å². The first-order chi connectivity index (χ1) is 8.84. The molecule has 18 heavy (non-hydrogen) atoms. The van der Waals surface area contributed by atoms with Gasteiger partial charge >= 0.3 is 0 Å². The smallest absolute Gasteiger partial charge is 0.0443 e. The van der Waals surface area contributed by atoms with Gasteiger partial charge in [0.05, 0.1) is 0 Å². The molecule has 0 N–H and O–H groups in total. The first-order valence-corrected chi connectivity index (χ1v) is 6.83. The summed E-state index contributed by atoms with van der Waals surface area (Å²) in [5.74, 6) is 0. The van der Waals surface area contributed by atoms with E-state index in [1.807, 2.05) is 12.1 Å². The Morgan fingerprint density at radius 3 is 2.50 bits per heavy atom. The Morgan fingerprint density at radius 2 is 1.67 bits per heavy atom. The minimum Gasteiger partial charge on any atom is -0.341 e. The van der Waals surface area contributed by atoms with Crippen LogP contribution in [0.2, 0.25) is 5.02 Å². The minimum absolute atomic E-state index is 0.793. The maximum Gasteiger partial charge on any atom is 0.0443 e. The lowest BCUT2D eigenvalue weighted by molar-refractivity contribution is 0.761. The lowest BCUT2D eigenvalue weighted by atomic mass is 10.1. The van der Waals surface area contributed by atoms with Crippen molar-refractivity contribution in [1.29, 1.82) is 0 Å². The Hall–Kier alpha value is -1.47. The van der Waals surface area contributed by atoms with Crippen LogP contribution in [-0.2, 0) is 6.42 Å². The summed E-state index contributed by atoms with van der Waals surface area (Å²) in [7, 11) is 0. The molecule has 0 aliphatic carbocycles. The molecule has 1 heterocycles. The average Bonchev–Trinajstić information content (AvgIpc) is 2.62. The summed E-state index contributed by atoms with van der Waals surface area (Å²) in [6.07, 6.45) is 3.68. The quantitative estimate of drug-likeness (QED) is 0.708. The number of aryl methyl sites for hydroxylation is 1. The predicted octanol–water partition coefficient (Wildman–Crippen LogP) is 4.81. The number of para-hydroxylation sites is 1. The van der Waals surface area contributed by atoms with Crippen LogP contribution in [-0.4, -0.2) is 6.54 Å². The molecule has 0 atom stereocenters. The fourth-order valence-electron chi connectivity index (χ4n) is 2.58. The van der Waals surface area contributed by atoms with Gasteiger partial charge < -0.3 is 4.90 Å². The zero-order valence-corrected chi connectivity index (χ0v) is 11.0. The first kappa shape index (κ1) is 11.6. The van der Waals surface area contributed by atoms with E-state index in [1.54, 1.807) is 0 Å². The molecular formula is C16H16ClN. The topological polar surface area (TPSA) is 3.24 Å².